The van der Waals surface area contributed by atoms with E-state index >= 15 is 0 Å². The van der Waals surface area contributed by atoms with Gasteiger partial charge in [0.2, 0.25) is 15.9 Å². The third-order valence-corrected chi connectivity index (χ3v) is 5.70. The summed E-state index contributed by atoms with van der Waals surface area (Å²) in [6, 6.07) is 7.11. The Kier molecular flexibility index (Phi) is 5.00. The van der Waals surface area contributed by atoms with Crippen molar-refractivity contribution in [3.8, 4) is 0 Å². The molecule has 1 aromatic carbocycles. The van der Waals surface area contributed by atoms with Crippen LogP contribution in [0.2, 0.25) is 0 Å². The monoisotopic (exact) mass is 310 g/mol. The van der Waals surface area contributed by atoms with E-state index in [1.165, 1.54) is 11.2 Å². The fraction of sp³-hybridized carbons (Fsp3) is 0.533. The molecule has 0 bridgehead atoms. The van der Waals surface area contributed by atoms with E-state index in [0.29, 0.717) is 31.1 Å². The summed E-state index contributed by atoms with van der Waals surface area (Å²) in [7, 11) is -3.45. The van der Waals surface area contributed by atoms with Crippen molar-refractivity contribution in [3.63, 3.8) is 0 Å². The average molecular weight is 310 g/mol. The second-order valence-electron chi connectivity index (χ2n) is 5.30. The van der Waals surface area contributed by atoms with E-state index < -0.39 is 10.0 Å². The number of hydrogen-bond acceptors (Lipinski definition) is 3. The van der Waals surface area contributed by atoms with Crippen LogP contribution in [0, 0.1) is 0 Å². The number of rotatable bonds is 4. The maximum atomic E-state index is 12.6. The number of piperazine rings is 1. The van der Waals surface area contributed by atoms with Crippen molar-refractivity contribution < 1.29 is 13.2 Å². The molecule has 0 aromatic heterocycles. The van der Waals surface area contributed by atoms with Crippen molar-refractivity contribution in [2.24, 2.45) is 0 Å². The predicted octanol–water partition coefficient (Wildman–Crippen LogP) is 1.49. The molecule has 116 valence electrons. The van der Waals surface area contributed by atoms with Crippen molar-refractivity contribution in [3.05, 3.63) is 29.8 Å². The lowest BCUT2D eigenvalue weighted by molar-refractivity contribution is -0.129. The van der Waals surface area contributed by atoms with E-state index in [9.17, 15) is 13.2 Å². The molecule has 6 heteroatoms. The van der Waals surface area contributed by atoms with E-state index in [1.54, 1.807) is 17.0 Å². The van der Waals surface area contributed by atoms with Crippen LogP contribution in [-0.4, -0.2) is 49.7 Å². The highest BCUT2D eigenvalue weighted by atomic mass is 32.2. The number of hydrogen-bond donors (Lipinski definition) is 0. The van der Waals surface area contributed by atoms with Crippen molar-refractivity contribution >= 4 is 15.9 Å². The first-order chi connectivity index (χ1) is 9.95. The van der Waals surface area contributed by atoms with Gasteiger partial charge in [0.25, 0.3) is 0 Å². The number of sulfonamides is 1. The summed E-state index contributed by atoms with van der Waals surface area (Å²) >= 11 is 0. The van der Waals surface area contributed by atoms with E-state index in [4.69, 9.17) is 0 Å². The van der Waals surface area contributed by atoms with Gasteiger partial charge in [-0.1, -0.05) is 25.5 Å². The van der Waals surface area contributed by atoms with E-state index in [-0.39, 0.29) is 5.91 Å². The Balaban J connectivity index is 2.10. The molecule has 1 aromatic rings. The number of carbonyl (C=O) groups is 1. The van der Waals surface area contributed by atoms with Crippen LogP contribution in [0.3, 0.4) is 0 Å². The fourth-order valence-electron chi connectivity index (χ4n) is 2.51. The van der Waals surface area contributed by atoms with Crippen LogP contribution >= 0.6 is 0 Å². The van der Waals surface area contributed by atoms with Crippen LogP contribution in [-0.2, 0) is 21.2 Å². The first-order valence-corrected chi connectivity index (χ1v) is 8.73. The van der Waals surface area contributed by atoms with Crippen LogP contribution in [0.4, 0.5) is 0 Å². The van der Waals surface area contributed by atoms with Gasteiger partial charge in [-0.2, -0.15) is 4.31 Å². The van der Waals surface area contributed by atoms with Crippen LogP contribution in [0.15, 0.2) is 29.2 Å². The summed E-state index contributed by atoms with van der Waals surface area (Å²) in [4.78, 5) is 13.3. The van der Waals surface area contributed by atoms with Gasteiger partial charge in [-0.15, -0.1) is 0 Å². The number of carbonyl (C=O) groups excluding carboxylic acids is 1. The SMILES string of the molecule is CCCc1ccc(S(=O)(=O)N2CCN(C(C)=O)CC2)cc1. The Bertz CT molecular complexity index is 588. The lowest BCUT2D eigenvalue weighted by Crippen LogP contribution is -2.49. The maximum absolute atomic E-state index is 12.6. The average Bonchev–Trinajstić information content (AvgIpc) is 2.48. The number of amides is 1. The quantitative estimate of drug-likeness (QED) is 0.846. The molecule has 1 aliphatic heterocycles. The molecular formula is C15H22N2O3S. The molecule has 1 amide bonds. The van der Waals surface area contributed by atoms with E-state index in [1.807, 2.05) is 12.1 Å². The fourth-order valence-corrected chi connectivity index (χ4v) is 3.93. The Labute approximate surface area is 126 Å². The van der Waals surface area contributed by atoms with Crippen molar-refractivity contribution in [2.75, 3.05) is 26.2 Å². The summed E-state index contributed by atoms with van der Waals surface area (Å²) in [5, 5.41) is 0. The first kappa shape index (κ1) is 16.0. The van der Waals surface area contributed by atoms with Gasteiger partial charge in [-0.05, 0) is 24.1 Å². The molecule has 0 spiro atoms. The molecule has 0 unspecified atom stereocenters. The molecule has 0 N–H and O–H groups in total. The minimum Gasteiger partial charge on any atom is -0.340 e. The molecule has 1 aliphatic rings. The minimum atomic E-state index is -3.45. The first-order valence-electron chi connectivity index (χ1n) is 7.29. The number of benzene rings is 1. The zero-order chi connectivity index (χ0) is 15.5. The molecular weight excluding hydrogens is 288 g/mol. The second kappa shape index (κ2) is 6.58. The van der Waals surface area contributed by atoms with Crippen molar-refractivity contribution in [1.29, 1.82) is 0 Å². The van der Waals surface area contributed by atoms with Gasteiger partial charge in [0, 0.05) is 33.1 Å². The van der Waals surface area contributed by atoms with Crippen molar-refractivity contribution in [2.45, 2.75) is 31.6 Å². The Morgan fingerprint density at radius 2 is 1.67 bits per heavy atom. The predicted molar refractivity (Wildman–Crippen MR) is 81.4 cm³/mol. The van der Waals surface area contributed by atoms with Gasteiger partial charge < -0.3 is 4.90 Å². The summed E-state index contributed by atoms with van der Waals surface area (Å²) in [5.41, 5.74) is 1.15. The zero-order valence-corrected chi connectivity index (χ0v) is 13.4. The van der Waals surface area contributed by atoms with Crippen molar-refractivity contribution in [1.82, 2.24) is 9.21 Å². The molecule has 21 heavy (non-hydrogen) atoms. The highest BCUT2D eigenvalue weighted by Gasteiger charge is 2.28. The van der Waals surface area contributed by atoms with Crippen LogP contribution in [0.25, 0.3) is 0 Å². The third-order valence-electron chi connectivity index (χ3n) is 3.78. The van der Waals surface area contributed by atoms with Gasteiger partial charge in [0.15, 0.2) is 0 Å². The molecule has 0 radical (unpaired) electrons. The second-order valence-corrected chi connectivity index (χ2v) is 7.24. The largest absolute Gasteiger partial charge is 0.340 e. The molecule has 0 atom stereocenters. The summed E-state index contributed by atoms with van der Waals surface area (Å²) in [5.74, 6) is -0.00373. The normalized spacial score (nSPS) is 17.0. The highest BCUT2D eigenvalue weighted by Crippen LogP contribution is 2.18. The number of nitrogens with zero attached hydrogens (tertiary/aromatic N) is 2. The topological polar surface area (TPSA) is 57.7 Å². The molecule has 5 nitrogen and oxygen atoms in total. The van der Waals surface area contributed by atoms with Gasteiger partial charge >= 0.3 is 0 Å². The Morgan fingerprint density at radius 3 is 2.14 bits per heavy atom. The van der Waals surface area contributed by atoms with Gasteiger partial charge in [0.05, 0.1) is 4.90 Å². The van der Waals surface area contributed by atoms with E-state index in [2.05, 4.69) is 6.92 Å². The number of aryl methyl sites for hydroxylation is 1. The zero-order valence-electron chi connectivity index (χ0n) is 12.6. The Hall–Kier alpha value is -1.40. The van der Waals surface area contributed by atoms with Gasteiger partial charge in [0.1, 0.15) is 0 Å². The molecule has 0 saturated carbocycles. The minimum absolute atomic E-state index is 0.00373. The molecule has 0 aliphatic carbocycles. The Morgan fingerprint density at radius 1 is 1.10 bits per heavy atom. The van der Waals surface area contributed by atoms with Gasteiger partial charge in [-0.3, -0.25) is 4.79 Å². The molecule has 1 fully saturated rings. The van der Waals surface area contributed by atoms with E-state index in [0.717, 1.165) is 18.4 Å². The molecule has 1 saturated heterocycles. The summed E-state index contributed by atoms with van der Waals surface area (Å²) in [6.45, 7) is 5.25. The van der Waals surface area contributed by atoms with Gasteiger partial charge in [-0.25, -0.2) is 8.42 Å². The standard InChI is InChI=1S/C15H22N2O3S/c1-3-4-14-5-7-15(8-6-14)21(19,20)17-11-9-16(10-12-17)13(2)18/h5-8H,3-4,9-12H2,1-2H3. The smallest absolute Gasteiger partial charge is 0.243 e. The third kappa shape index (κ3) is 3.63. The van der Waals surface area contributed by atoms with Crippen LogP contribution < -0.4 is 0 Å². The lowest BCUT2D eigenvalue weighted by Gasteiger charge is -2.33. The van der Waals surface area contributed by atoms with Crippen LogP contribution in [0.5, 0.6) is 0 Å². The highest BCUT2D eigenvalue weighted by molar-refractivity contribution is 7.89. The summed E-state index contributed by atoms with van der Waals surface area (Å²) < 4.78 is 26.6. The van der Waals surface area contributed by atoms with Crippen LogP contribution in [0.1, 0.15) is 25.8 Å². The molecule has 2 rings (SSSR count). The molecule has 1 heterocycles. The maximum Gasteiger partial charge on any atom is 0.243 e. The lowest BCUT2D eigenvalue weighted by atomic mass is 10.1. The summed E-state index contributed by atoms with van der Waals surface area (Å²) in [6.07, 6.45) is 2.00.